The van der Waals surface area contributed by atoms with Crippen molar-refractivity contribution in [2.75, 3.05) is 25.1 Å². The van der Waals surface area contributed by atoms with Gasteiger partial charge in [0.1, 0.15) is 9.84 Å². The van der Waals surface area contributed by atoms with E-state index in [0.29, 0.717) is 29.0 Å². The summed E-state index contributed by atoms with van der Waals surface area (Å²) in [7, 11) is -2.97. The quantitative estimate of drug-likeness (QED) is 0.490. The van der Waals surface area contributed by atoms with Gasteiger partial charge in [-0.15, -0.1) is 0 Å². The molecule has 0 bridgehead atoms. The lowest BCUT2D eigenvalue weighted by Gasteiger charge is -2.24. The van der Waals surface area contributed by atoms with Gasteiger partial charge in [0.15, 0.2) is 5.96 Å². The molecule has 1 atom stereocenters. The van der Waals surface area contributed by atoms with Crippen molar-refractivity contribution in [3.05, 3.63) is 33.8 Å². The van der Waals surface area contributed by atoms with Crippen molar-refractivity contribution in [1.29, 1.82) is 0 Å². The van der Waals surface area contributed by atoms with E-state index in [1.807, 2.05) is 33.8 Å². The molecule has 2 N–H and O–H groups in total. The predicted molar refractivity (Wildman–Crippen MR) is 112 cm³/mol. The molecule has 0 aliphatic rings. The molecule has 0 radical (unpaired) electrons. The third-order valence-corrected chi connectivity index (χ3v) is 5.45. The number of aliphatic imine (C=N–C) groups is 1. The Morgan fingerprint density at radius 3 is 2.50 bits per heavy atom. The first-order valence-electron chi connectivity index (χ1n) is 8.61. The van der Waals surface area contributed by atoms with Crippen molar-refractivity contribution < 1.29 is 8.42 Å². The number of sulfone groups is 1. The summed E-state index contributed by atoms with van der Waals surface area (Å²) in [5, 5.41) is 7.74. The van der Waals surface area contributed by atoms with E-state index in [-0.39, 0.29) is 17.2 Å². The van der Waals surface area contributed by atoms with Gasteiger partial charge in [-0.25, -0.2) is 8.42 Å². The maximum Gasteiger partial charge on any atom is 0.191 e. The number of nitrogens with one attached hydrogen (secondary N) is 2. The van der Waals surface area contributed by atoms with Gasteiger partial charge in [0.05, 0.1) is 11.8 Å². The average molecular weight is 422 g/mol. The number of benzene rings is 1. The summed E-state index contributed by atoms with van der Waals surface area (Å²) in [6.07, 6.45) is 1.82. The zero-order valence-electron chi connectivity index (χ0n) is 16.1. The molecular formula is C18H29Cl2N3O2S. The van der Waals surface area contributed by atoms with Crippen molar-refractivity contribution in [2.45, 2.75) is 40.2 Å². The molecule has 5 nitrogen and oxygen atoms in total. The molecule has 1 aromatic carbocycles. The van der Waals surface area contributed by atoms with Gasteiger partial charge in [-0.2, -0.15) is 0 Å². The molecule has 1 rings (SSSR count). The second-order valence-electron chi connectivity index (χ2n) is 7.27. The van der Waals surface area contributed by atoms with Crippen molar-refractivity contribution in [2.24, 2.45) is 10.4 Å². The zero-order valence-corrected chi connectivity index (χ0v) is 18.4. The number of rotatable bonds is 8. The molecule has 0 saturated carbocycles. The van der Waals surface area contributed by atoms with Crippen LogP contribution in [-0.2, 0) is 9.84 Å². The fraction of sp³-hybridized carbons (Fsp3) is 0.611. The molecule has 1 aromatic rings. The maximum absolute atomic E-state index is 11.4. The number of halogens is 2. The number of hydrogen-bond acceptors (Lipinski definition) is 3. The Hall–Kier alpha value is -0.980. The summed E-state index contributed by atoms with van der Waals surface area (Å²) < 4.78 is 22.8. The lowest BCUT2D eigenvalue weighted by atomic mass is 9.90. The second-order valence-corrected chi connectivity index (χ2v) is 10.4. The van der Waals surface area contributed by atoms with Crippen LogP contribution < -0.4 is 10.6 Å². The molecule has 0 amide bonds. The lowest BCUT2D eigenvalue weighted by Crippen LogP contribution is -2.39. The van der Waals surface area contributed by atoms with E-state index in [4.69, 9.17) is 23.2 Å². The Kier molecular flexibility index (Phi) is 8.70. The smallest absolute Gasteiger partial charge is 0.191 e. The van der Waals surface area contributed by atoms with Crippen LogP contribution in [0.2, 0.25) is 10.0 Å². The topological polar surface area (TPSA) is 70.6 Å². The van der Waals surface area contributed by atoms with Crippen LogP contribution in [0.5, 0.6) is 0 Å². The van der Waals surface area contributed by atoms with E-state index < -0.39 is 9.84 Å². The molecule has 1 unspecified atom stereocenters. The molecule has 0 aromatic heterocycles. The van der Waals surface area contributed by atoms with Crippen LogP contribution in [0, 0.1) is 5.41 Å². The van der Waals surface area contributed by atoms with Crippen LogP contribution in [-0.4, -0.2) is 39.5 Å². The van der Waals surface area contributed by atoms with Crippen LogP contribution >= 0.6 is 23.2 Å². The van der Waals surface area contributed by atoms with Gasteiger partial charge in [0.2, 0.25) is 0 Å². The number of hydrogen-bond donors (Lipinski definition) is 2. The second kappa shape index (κ2) is 9.81. The highest BCUT2D eigenvalue weighted by Gasteiger charge is 2.20. The highest BCUT2D eigenvalue weighted by Crippen LogP contribution is 2.26. The van der Waals surface area contributed by atoms with Crippen molar-refractivity contribution >= 4 is 39.0 Å². The van der Waals surface area contributed by atoms with E-state index in [1.165, 1.54) is 6.26 Å². The highest BCUT2D eigenvalue weighted by atomic mass is 35.5. The lowest BCUT2D eigenvalue weighted by molar-refractivity contribution is 0.365. The first-order chi connectivity index (χ1) is 11.9. The van der Waals surface area contributed by atoms with Crippen molar-refractivity contribution in [3.63, 3.8) is 0 Å². The number of guanidine groups is 1. The Morgan fingerprint density at radius 2 is 1.96 bits per heavy atom. The third kappa shape index (κ3) is 8.60. The van der Waals surface area contributed by atoms with Gasteiger partial charge in [0.25, 0.3) is 0 Å². The summed E-state index contributed by atoms with van der Waals surface area (Å²) in [6.45, 7) is 9.26. The molecule has 148 valence electrons. The molecular weight excluding hydrogens is 393 g/mol. The van der Waals surface area contributed by atoms with Gasteiger partial charge in [0, 0.05) is 29.4 Å². The van der Waals surface area contributed by atoms with E-state index in [9.17, 15) is 8.42 Å². The minimum Gasteiger partial charge on any atom is -0.357 e. The average Bonchev–Trinajstić information content (AvgIpc) is 2.50. The first-order valence-corrected chi connectivity index (χ1v) is 11.4. The monoisotopic (exact) mass is 421 g/mol. The van der Waals surface area contributed by atoms with E-state index >= 15 is 0 Å². The van der Waals surface area contributed by atoms with Gasteiger partial charge >= 0.3 is 0 Å². The van der Waals surface area contributed by atoms with Gasteiger partial charge < -0.3 is 10.6 Å². The van der Waals surface area contributed by atoms with Crippen LogP contribution in [0.3, 0.4) is 0 Å². The molecule has 0 fully saturated rings. The van der Waals surface area contributed by atoms with Gasteiger partial charge in [-0.3, -0.25) is 4.99 Å². The largest absolute Gasteiger partial charge is 0.357 e. The molecule has 0 aliphatic carbocycles. The molecule has 0 aliphatic heterocycles. The Bertz CT molecular complexity index is 734. The minimum absolute atomic E-state index is 0.0586. The van der Waals surface area contributed by atoms with Crippen molar-refractivity contribution in [3.8, 4) is 0 Å². The molecule has 0 saturated heterocycles. The summed E-state index contributed by atoms with van der Waals surface area (Å²) in [4.78, 5) is 4.63. The zero-order chi connectivity index (χ0) is 20.0. The normalized spacial score (nSPS) is 14.2. The first kappa shape index (κ1) is 23.1. The fourth-order valence-electron chi connectivity index (χ4n) is 2.29. The Morgan fingerprint density at radius 1 is 1.31 bits per heavy atom. The van der Waals surface area contributed by atoms with Gasteiger partial charge in [-0.1, -0.05) is 43.1 Å². The van der Waals surface area contributed by atoms with Crippen LogP contribution in [0.4, 0.5) is 0 Å². The molecule has 26 heavy (non-hydrogen) atoms. The summed E-state index contributed by atoms with van der Waals surface area (Å²) in [5.41, 5.74) is 0.713. The van der Waals surface area contributed by atoms with Gasteiger partial charge in [-0.05, 0) is 43.4 Å². The van der Waals surface area contributed by atoms with E-state index in [0.717, 1.165) is 12.1 Å². The fourth-order valence-corrected chi connectivity index (χ4v) is 3.78. The summed E-state index contributed by atoms with van der Waals surface area (Å²) in [5.74, 6) is 0.828. The SMILES string of the molecule is CCNC(=NCC(C)(C)CCS(C)(=O)=O)NC(C)c1ccc(Cl)cc1Cl. The van der Waals surface area contributed by atoms with Crippen LogP contribution in [0.1, 0.15) is 45.7 Å². The van der Waals surface area contributed by atoms with Crippen molar-refractivity contribution in [1.82, 2.24) is 10.6 Å². The van der Waals surface area contributed by atoms with Crippen LogP contribution in [0.15, 0.2) is 23.2 Å². The minimum atomic E-state index is -2.97. The molecule has 0 heterocycles. The van der Waals surface area contributed by atoms with E-state index in [1.54, 1.807) is 12.1 Å². The predicted octanol–water partition coefficient (Wildman–Crippen LogP) is 4.07. The Labute approximate surface area is 167 Å². The summed E-state index contributed by atoms with van der Waals surface area (Å²) >= 11 is 12.2. The highest BCUT2D eigenvalue weighted by molar-refractivity contribution is 7.90. The summed E-state index contributed by atoms with van der Waals surface area (Å²) in [6, 6.07) is 5.35. The molecule has 0 spiro atoms. The third-order valence-electron chi connectivity index (χ3n) is 3.94. The van der Waals surface area contributed by atoms with Crippen LogP contribution in [0.25, 0.3) is 0 Å². The Balaban J connectivity index is 2.82. The standard InChI is InChI=1S/C18H29Cl2N3O2S/c1-6-21-17(22-12-18(3,4)9-10-26(5,24)25)23-13(2)15-8-7-14(19)11-16(15)20/h7-8,11,13H,6,9-10,12H2,1-5H3,(H2,21,22,23). The maximum atomic E-state index is 11.4. The molecule has 8 heteroatoms. The van der Waals surface area contributed by atoms with E-state index in [2.05, 4.69) is 15.6 Å². The number of nitrogens with zero attached hydrogens (tertiary/aromatic N) is 1.